The molecule has 1 amide bonds. The molecule has 3 rings (SSSR count). The van der Waals surface area contributed by atoms with Crippen LogP contribution in [0.3, 0.4) is 0 Å². The van der Waals surface area contributed by atoms with Crippen molar-refractivity contribution >= 4 is 11.7 Å². The third-order valence-electron chi connectivity index (χ3n) is 3.66. The zero-order valence-corrected chi connectivity index (χ0v) is 14.6. The van der Waals surface area contributed by atoms with E-state index < -0.39 is 0 Å². The maximum atomic E-state index is 12.2. The normalized spacial score (nSPS) is 10.3. The quantitative estimate of drug-likeness (QED) is 0.676. The Kier molecular flexibility index (Phi) is 5.88. The molecule has 0 aliphatic carbocycles. The van der Waals surface area contributed by atoms with E-state index in [0.717, 1.165) is 11.3 Å². The van der Waals surface area contributed by atoms with Crippen LogP contribution in [0.1, 0.15) is 12.5 Å². The van der Waals surface area contributed by atoms with E-state index in [1.165, 1.54) is 0 Å². The highest BCUT2D eigenvalue weighted by atomic mass is 16.5. The summed E-state index contributed by atoms with van der Waals surface area (Å²) in [6.45, 7) is 3.05. The van der Waals surface area contributed by atoms with Crippen LogP contribution >= 0.6 is 0 Å². The van der Waals surface area contributed by atoms with E-state index in [9.17, 15) is 4.79 Å². The van der Waals surface area contributed by atoms with E-state index in [1.54, 1.807) is 29.1 Å². The molecular weight excluding hydrogens is 330 g/mol. The van der Waals surface area contributed by atoms with Gasteiger partial charge in [0.2, 0.25) is 0 Å². The van der Waals surface area contributed by atoms with Crippen LogP contribution in [0.15, 0.2) is 66.9 Å². The minimum atomic E-state index is -0.242. The molecule has 0 bridgehead atoms. The largest absolute Gasteiger partial charge is 0.494 e. The summed E-state index contributed by atoms with van der Waals surface area (Å²) in [5, 5.41) is 7.08. The third-order valence-corrected chi connectivity index (χ3v) is 3.66. The van der Waals surface area contributed by atoms with Crippen LogP contribution in [0.5, 0.6) is 11.5 Å². The van der Waals surface area contributed by atoms with Gasteiger partial charge in [-0.15, -0.1) is 0 Å². The Morgan fingerprint density at radius 1 is 1.00 bits per heavy atom. The first-order valence-corrected chi connectivity index (χ1v) is 8.46. The van der Waals surface area contributed by atoms with Crippen LogP contribution in [0.25, 0.3) is 0 Å². The van der Waals surface area contributed by atoms with Crippen molar-refractivity contribution < 1.29 is 14.3 Å². The molecule has 6 heteroatoms. The SMILES string of the molecule is CCOc1ccc(OCC(=O)Nc2ccnn2Cc2ccccc2)cc1. The van der Waals surface area contributed by atoms with Crippen molar-refractivity contribution in [1.29, 1.82) is 0 Å². The average Bonchev–Trinajstić information content (AvgIpc) is 3.09. The molecule has 1 aromatic heterocycles. The molecule has 1 N–H and O–H groups in total. The summed E-state index contributed by atoms with van der Waals surface area (Å²) in [7, 11) is 0. The van der Waals surface area contributed by atoms with Gasteiger partial charge in [0.15, 0.2) is 6.61 Å². The van der Waals surface area contributed by atoms with Crippen LogP contribution in [-0.4, -0.2) is 28.9 Å². The maximum absolute atomic E-state index is 12.2. The van der Waals surface area contributed by atoms with Crippen molar-refractivity contribution in [3.8, 4) is 11.5 Å². The summed E-state index contributed by atoms with van der Waals surface area (Å²) in [6, 6.07) is 18.9. The van der Waals surface area contributed by atoms with Crippen molar-refractivity contribution in [1.82, 2.24) is 9.78 Å². The molecule has 26 heavy (non-hydrogen) atoms. The number of aromatic nitrogens is 2. The Balaban J connectivity index is 1.53. The van der Waals surface area contributed by atoms with Crippen LogP contribution in [-0.2, 0) is 11.3 Å². The van der Waals surface area contributed by atoms with Gasteiger partial charge in [0.1, 0.15) is 17.3 Å². The number of carbonyl (C=O) groups is 1. The second kappa shape index (κ2) is 8.71. The minimum Gasteiger partial charge on any atom is -0.494 e. The minimum absolute atomic E-state index is 0.0789. The Morgan fingerprint density at radius 2 is 1.69 bits per heavy atom. The third kappa shape index (κ3) is 4.86. The lowest BCUT2D eigenvalue weighted by molar-refractivity contribution is -0.118. The molecule has 0 saturated carbocycles. The summed E-state index contributed by atoms with van der Waals surface area (Å²) < 4.78 is 12.6. The highest BCUT2D eigenvalue weighted by molar-refractivity contribution is 5.91. The Bertz CT molecular complexity index is 829. The standard InChI is InChI=1S/C20H21N3O3/c1-2-25-17-8-10-18(11-9-17)26-15-20(24)22-19-12-13-21-23(19)14-16-6-4-3-5-7-16/h3-13H,2,14-15H2,1H3,(H,22,24). The molecule has 0 radical (unpaired) electrons. The molecule has 3 aromatic rings. The van der Waals surface area contributed by atoms with Crippen LogP contribution in [0, 0.1) is 0 Å². The van der Waals surface area contributed by atoms with Gasteiger partial charge in [-0.05, 0) is 36.8 Å². The van der Waals surface area contributed by atoms with Gasteiger partial charge in [-0.2, -0.15) is 5.10 Å². The molecule has 0 fully saturated rings. The number of amides is 1. The first-order valence-electron chi connectivity index (χ1n) is 8.46. The smallest absolute Gasteiger partial charge is 0.263 e. The molecular formula is C20H21N3O3. The fraction of sp³-hybridized carbons (Fsp3) is 0.200. The van der Waals surface area contributed by atoms with Gasteiger partial charge in [0.05, 0.1) is 19.3 Å². The first-order chi connectivity index (χ1) is 12.7. The summed E-state index contributed by atoms with van der Waals surface area (Å²) in [5.74, 6) is 1.78. The molecule has 6 nitrogen and oxygen atoms in total. The second-order valence-electron chi connectivity index (χ2n) is 5.60. The fourth-order valence-electron chi connectivity index (χ4n) is 2.45. The summed E-state index contributed by atoms with van der Waals surface area (Å²) in [6.07, 6.45) is 1.66. The maximum Gasteiger partial charge on any atom is 0.263 e. The lowest BCUT2D eigenvalue weighted by atomic mass is 10.2. The summed E-state index contributed by atoms with van der Waals surface area (Å²) in [4.78, 5) is 12.2. The predicted octanol–water partition coefficient (Wildman–Crippen LogP) is 3.35. The summed E-state index contributed by atoms with van der Waals surface area (Å²) in [5.41, 5.74) is 1.11. The molecule has 0 aliphatic heterocycles. The van der Waals surface area contributed by atoms with Gasteiger partial charge in [-0.25, -0.2) is 4.68 Å². The van der Waals surface area contributed by atoms with E-state index in [1.807, 2.05) is 49.4 Å². The van der Waals surface area contributed by atoms with E-state index in [2.05, 4.69) is 10.4 Å². The van der Waals surface area contributed by atoms with Crippen molar-refractivity contribution in [3.63, 3.8) is 0 Å². The average molecular weight is 351 g/mol. The number of nitrogens with one attached hydrogen (secondary N) is 1. The van der Waals surface area contributed by atoms with Crippen LogP contribution < -0.4 is 14.8 Å². The van der Waals surface area contributed by atoms with E-state index in [0.29, 0.717) is 24.7 Å². The first kappa shape index (κ1) is 17.5. The van der Waals surface area contributed by atoms with Crippen LogP contribution in [0.4, 0.5) is 5.82 Å². The van der Waals surface area contributed by atoms with Gasteiger partial charge in [-0.3, -0.25) is 4.79 Å². The molecule has 134 valence electrons. The number of benzene rings is 2. The number of rotatable bonds is 8. The number of hydrogen-bond donors (Lipinski definition) is 1. The fourth-order valence-corrected chi connectivity index (χ4v) is 2.45. The van der Waals surface area contributed by atoms with Gasteiger partial charge in [-0.1, -0.05) is 30.3 Å². The van der Waals surface area contributed by atoms with Crippen LogP contribution in [0.2, 0.25) is 0 Å². The van der Waals surface area contributed by atoms with E-state index in [-0.39, 0.29) is 12.5 Å². The highest BCUT2D eigenvalue weighted by Crippen LogP contribution is 2.17. The zero-order chi connectivity index (χ0) is 18.2. The number of nitrogens with zero attached hydrogens (tertiary/aromatic N) is 2. The zero-order valence-electron chi connectivity index (χ0n) is 14.6. The van der Waals surface area contributed by atoms with Gasteiger partial charge in [0.25, 0.3) is 5.91 Å². The van der Waals surface area contributed by atoms with Gasteiger partial charge >= 0.3 is 0 Å². The van der Waals surface area contributed by atoms with Gasteiger partial charge < -0.3 is 14.8 Å². The van der Waals surface area contributed by atoms with Gasteiger partial charge in [0, 0.05) is 6.07 Å². The molecule has 1 heterocycles. The van der Waals surface area contributed by atoms with E-state index in [4.69, 9.17) is 9.47 Å². The lowest BCUT2D eigenvalue weighted by Crippen LogP contribution is -2.22. The Morgan fingerprint density at radius 3 is 2.38 bits per heavy atom. The van der Waals surface area contributed by atoms with Crippen molar-refractivity contribution in [2.24, 2.45) is 0 Å². The molecule has 0 aliphatic rings. The number of carbonyl (C=O) groups excluding carboxylic acids is 1. The van der Waals surface area contributed by atoms with Crippen molar-refractivity contribution in [3.05, 3.63) is 72.4 Å². The number of anilines is 1. The monoisotopic (exact) mass is 351 g/mol. The molecule has 0 saturated heterocycles. The number of ether oxygens (including phenoxy) is 2. The Labute approximate surface area is 152 Å². The molecule has 0 atom stereocenters. The topological polar surface area (TPSA) is 65.4 Å². The van der Waals surface area contributed by atoms with Crippen molar-refractivity contribution in [2.45, 2.75) is 13.5 Å². The molecule has 2 aromatic carbocycles. The Hall–Kier alpha value is -3.28. The van der Waals surface area contributed by atoms with Crippen molar-refractivity contribution in [2.75, 3.05) is 18.5 Å². The highest BCUT2D eigenvalue weighted by Gasteiger charge is 2.09. The summed E-state index contributed by atoms with van der Waals surface area (Å²) >= 11 is 0. The predicted molar refractivity (Wildman–Crippen MR) is 99.5 cm³/mol. The number of hydrogen-bond acceptors (Lipinski definition) is 4. The lowest BCUT2D eigenvalue weighted by Gasteiger charge is -2.10. The molecule has 0 spiro atoms. The molecule has 0 unspecified atom stereocenters. The van der Waals surface area contributed by atoms with E-state index >= 15 is 0 Å². The second-order valence-corrected chi connectivity index (χ2v) is 5.60.